The monoisotopic (exact) mass is 180 g/mol. The molecule has 0 spiro atoms. The number of aromatic nitrogens is 3. The predicted molar refractivity (Wildman–Crippen MR) is 50.0 cm³/mol. The van der Waals surface area contributed by atoms with Crippen molar-refractivity contribution in [1.29, 1.82) is 0 Å². The van der Waals surface area contributed by atoms with Crippen LogP contribution in [0.5, 0.6) is 0 Å². The minimum absolute atomic E-state index is 0.139. The van der Waals surface area contributed by atoms with Crippen molar-refractivity contribution < 1.29 is 0 Å². The zero-order valence-electron chi connectivity index (χ0n) is 7.98. The van der Waals surface area contributed by atoms with E-state index < -0.39 is 0 Å². The van der Waals surface area contributed by atoms with E-state index in [4.69, 9.17) is 5.73 Å². The highest BCUT2D eigenvalue weighted by atomic mass is 15.3. The Morgan fingerprint density at radius 2 is 2.46 bits per heavy atom. The van der Waals surface area contributed by atoms with Gasteiger partial charge in [0.2, 0.25) is 0 Å². The van der Waals surface area contributed by atoms with Crippen LogP contribution < -0.4 is 5.73 Å². The fourth-order valence-electron chi connectivity index (χ4n) is 1.78. The molecule has 0 saturated heterocycles. The van der Waals surface area contributed by atoms with Crippen LogP contribution in [0.1, 0.15) is 26.2 Å². The molecule has 2 N–H and O–H groups in total. The van der Waals surface area contributed by atoms with Crippen molar-refractivity contribution in [2.75, 3.05) is 0 Å². The van der Waals surface area contributed by atoms with Gasteiger partial charge in [-0.2, -0.15) is 5.10 Å². The van der Waals surface area contributed by atoms with E-state index in [2.05, 4.69) is 17.0 Å². The second kappa shape index (κ2) is 3.10. The second-order valence-corrected chi connectivity index (χ2v) is 4.10. The Kier molecular flexibility index (Phi) is 2.07. The maximum atomic E-state index is 6.08. The molecule has 1 fully saturated rings. The van der Waals surface area contributed by atoms with Crippen molar-refractivity contribution in [2.24, 2.45) is 11.7 Å². The summed E-state index contributed by atoms with van der Waals surface area (Å²) < 4.78 is 1.86. The summed E-state index contributed by atoms with van der Waals surface area (Å²) in [4.78, 5) is 3.89. The zero-order valence-corrected chi connectivity index (χ0v) is 7.98. The van der Waals surface area contributed by atoms with Crippen LogP contribution in [-0.2, 0) is 6.54 Å². The molecule has 0 aromatic carbocycles. The molecule has 0 radical (unpaired) electrons. The van der Waals surface area contributed by atoms with Crippen LogP contribution >= 0.6 is 0 Å². The van der Waals surface area contributed by atoms with E-state index in [-0.39, 0.29) is 5.54 Å². The Bertz CT molecular complexity index is 269. The van der Waals surface area contributed by atoms with Crippen molar-refractivity contribution in [3.8, 4) is 0 Å². The Morgan fingerprint density at radius 1 is 1.69 bits per heavy atom. The SMILES string of the molecule is CC1CC1(N)CCCn1cncn1. The molecule has 1 aromatic rings. The molecule has 0 aliphatic heterocycles. The van der Waals surface area contributed by atoms with Crippen molar-refractivity contribution in [3.63, 3.8) is 0 Å². The van der Waals surface area contributed by atoms with E-state index in [0.29, 0.717) is 5.92 Å². The van der Waals surface area contributed by atoms with Gasteiger partial charge in [0.25, 0.3) is 0 Å². The highest BCUT2D eigenvalue weighted by Gasteiger charge is 2.46. The third-order valence-corrected chi connectivity index (χ3v) is 3.00. The molecular formula is C9H16N4. The maximum Gasteiger partial charge on any atom is 0.137 e. The van der Waals surface area contributed by atoms with Crippen LogP contribution in [-0.4, -0.2) is 20.3 Å². The summed E-state index contributed by atoms with van der Waals surface area (Å²) in [5.41, 5.74) is 6.22. The molecule has 4 heteroatoms. The molecule has 2 unspecified atom stereocenters. The number of hydrogen-bond donors (Lipinski definition) is 1. The minimum Gasteiger partial charge on any atom is -0.325 e. The van der Waals surface area contributed by atoms with E-state index in [1.165, 1.54) is 6.42 Å². The fourth-order valence-corrected chi connectivity index (χ4v) is 1.78. The van der Waals surface area contributed by atoms with Crippen LogP contribution in [0.4, 0.5) is 0 Å². The molecule has 1 saturated carbocycles. The number of nitrogens with two attached hydrogens (primary N) is 1. The van der Waals surface area contributed by atoms with Crippen LogP contribution in [0.2, 0.25) is 0 Å². The summed E-state index contributed by atoms with van der Waals surface area (Å²) in [6.07, 6.45) is 6.71. The molecule has 4 nitrogen and oxygen atoms in total. The van der Waals surface area contributed by atoms with Crippen LogP contribution in [0.3, 0.4) is 0 Å². The van der Waals surface area contributed by atoms with Gasteiger partial charge in [0, 0.05) is 12.1 Å². The lowest BCUT2D eigenvalue weighted by Crippen LogP contribution is -2.24. The van der Waals surface area contributed by atoms with Gasteiger partial charge in [-0.15, -0.1) is 0 Å². The van der Waals surface area contributed by atoms with Gasteiger partial charge in [0.1, 0.15) is 12.7 Å². The van der Waals surface area contributed by atoms with Gasteiger partial charge in [-0.3, -0.25) is 4.68 Å². The smallest absolute Gasteiger partial charge is 0.137 e. The zero-order chi connectivity index (χ0) is 9.31. The molecule has 1 aromatic heterocycles. The standard InChI is InChI=1S/C9H16N4/c1-8-5-9(8,10)3-2-4-13-7-11-6-12-13/h6-8H,2-5,10H2,1H3. The van der Waals surface area contributed by atoms with E-state index in [1.54, 1.807) is 12.7 Å². The summed E-state index contributed by atoms with van der Waals surface area (Å²) in [5.74, 6) is 0.711. The number of rotatable bonds is 4. The van der Waals surface area contributed by atoms with Gasteiger partial charge in [-0.1, -0.05) is 6.92 Å². The Morgan fingerprint density at radius 3 is 3.00 bits per heavy atom. The molecule has 0 bridgehead atoms. The largest absolute Gasteiger partial charge is 0.325 e. The van der Waals surface area contributed by atoms with Gasteiger partial charge in [0.15, 0.2) is 0 Å². The van der Waals surface area contributed by atoms with Gasteiger partial charge < -0.3 is 5.73 Å². The Labute approximate surface area is 78.1 Å². The van der Waals surface area contributed by atoms with Crippen LogP contribution in [0.25, 0.3) is 0 Å². The van der Waals surface area contributed by atoms with E-state index in [1.807, 2.05) is 4.68 Å². The molecule has 1 aliphatic carbocycles. The van der Waals surface area contributed by atoms with Gasteiger partial charge in [-0.05, 0) is 25.2 Å². The first-order chi connectivity index (χ1) is 6.21. The maximum absolute atomic E-state index is 6.08. The average molecular weight is 180 g/mol. The first kappa shape index (κ1) is 8.69. The average Bonchev–Trinajstić information content (AvgIpc) is 2.55. The van der Waals surface area contributed by atoms with Crippen LogP contribution in [0.15, 0.2) is 12.7 Å². The lowest BCUT2D eigenvalue weighted by Gasteiger charge is -2.08. The normalized spacial score (nSPS) is 32.0. The van der Waals surface area contributed by atoms with Crippen molar-refractivity contribution in [1.82, 2.24) is 14.8 Å². The molecule has 72 valence electrons. The predicted octanol–water partition coefficient (Wildman–Crippen LogP) is 0.796. The van der Waals surface area contributed by atoms with Gasteiger partial charge in [0.05, 0.1) is 0 Å². The third-order valence-electron chi connectivity index (χ3n) is 3.00. The quantitative estimate of drug-likeness (QED) is 0.745. The topological polar surface area (TPSA) is 56.7 Å². The van der Waals surface area contributed by atoms with Gasteiger partial charge >= 0.3 is 0 Å². The first-order valence-corrected chi connectivity index (χ1v) is 4.82. The van der Waals surface area contributed by atoms with Crippen molar-refractivity contribution >= 4 is 0 Å². The van der Waals surface area contributed by atoms with E-state index in [9.17, 15) is 0 Å². The minimum atomic E-state index is 0.139. The first-order valence-electron chi connectivity index (χ1n) is 4.82. The van der Waals surface area contributed by atoms with E-state index in [0.717, 1.165) is 19.4 Å². The summed E-state index contributed by atoms with van der Waals surface area (Å²) in [7, 11) is 0. The summed E-state index contributed by atoms with van der Waals surface area (Å²) in [6, 6.07) is 0. The Hall–Kier alpha value is -0.900. The van der Waals surface area contributed by atoms with Crippen molar-refractivity contribution in [3.05, 3.63) is 12.7 Å². The van der Waals surface area contributed by atoms with Gasteiger partial charge in [-0.25, -0.2) is 4.98 Å². The van der Waals surface area contributed by atoms with Crippen LogP contribution in [0, 0.1) is 5.92 Å². The lowest BCUT2D eigenvalue weighted by atomic mass is 10.1. The molecule has 0 amide bonds. The molecule has 2 rings (SSSR count). The summed E-state index contributed by atoms with van der Waals surface area (Å²) >= 11 is 0. The number of hydrogen-bond acceptors (Lipinski definition) is 3. The molecule has 2 atom stereocenters. The molecule has 1 heterocycles. The Balaban J connectivity index is 1.70. The van der Waals surface area contributed by atoms with Crippen molar-refractivity contribution in [2.45, 2.75) is 38.3 Å². The molecular weight excluding hydrogens is 164 g/mol. The summed E-state index contributed by atoms with van der Waals surface area (Å²) in [6.45, 7) is 3.15. The van der Waals surface area contributed by atoms with E-state index >= 15 is 0 Å². The molecule has 13 heavy (non-hydrogen) atoms. The molecule has 1 aliphatic rings. The second-order valence-electron chi connectivity index (χ2n) is 4.10. The highest BCUT2D eigenvalue weighted by molar-refractivity contribution is 5.04. The lowest BCUT2D eigenvalue weighted by molar-refractivity contribution is 0.482. The fraction of sp³-hybridized carbons (Fsp3) is 0.778. The number of nitrogens with zero attached hydrogens (tertiary/aromatic N) is 3. The summed E-state index contributed by atoms with van der Waals surface area (Å²) in [5, 5.41) is 4.04. The third kappa shape index (κ3) is 1.88. The number of aryl methyl sites for hydroxylation is 1. The highest BCUT2D eigenvalue weighted by Crippen LogP contribution is 2.43.